The number of carbonyl (C=O) groups excluding carboxylic acids is 1. The predicted octanol–water partition coefficient (Wildman–Crippen LogP) is 5.98. The van der Waals surface area contributed by atoms with Crippen LogP contribution < -0.4 is 5.32 Å². The molecule has 2 saturated carbocycles. The van der Waals surface area contributed by atoms with E-state index in [0.29, 0.717) is 16.5 Å². The van der Waals surface area contributed by atoms with Crippen LogP contribution in [-0.2, 0) is 9.73 Å². The van der Waals surface area contributed by atoms with Crippen molar-refractivity contribution in [3.63, 3.8) is 0 Å². The number of alkyl halides is 2. The van der Waals surface area contributed by atoms with E-state index >= 15 is 0 Å². The Morgan fingerprint density at radius 1 is 1.18 bits per heavy atom. The van der Waals surface area contributed by atoms with Gasteiger partial charge in [0, 0.05) is 35.6 Å². The first-order valence-corrected chi connectivity index (χ1v) is 13.3. The van der Waals surface area contributed by atoms with Crippen LogP contribution in [0.4, 0.5) is 8.78 Å². The Kier molecular flexibility index (Phi) is 5.92. The Labute approximate surface area is 200 Å². The number of nitrogens with one attached hydrogen (secondary N) is 2. The third-order valence-corrected chi connectivity index (χ3v) is 8.60. The van der Waals surface area contributed by atoms with Crippen molar-refractivity contribution in [2.24, 2.45) is 5.92 Å². The molecule has 3 aromatic rings. The highest BCUT2D eigenvalue weighted by atomic mass is 35.5. The molecule has 0 saturated heterocycles. The topological polar surface area (TPSA) is 109 Å². The normalized spacial score (nSPS) is 24.4. The Bertz CT molecular complexity index is 1320. The largest absolute Gasteiger partial charge is 0.441 e. The van der Waals surface area contributed by atoms with Crippen molar-refractivity contribution >= 4 is 38.3 Å². The summed E-state index contributed by atoms with van der Waals surface area (Å²) in [6, 6.07) is 7.98. The molecule has 1 unspecified atom stereocenters. The van der Waals surface area contributed by atoms with Crippen LogP contribution in [0.1, 0.15) is 60.9 Å². The Morgan fingerprint density at radius 3 is 2.62 bits per heavy atom. The number of fused-ring (bicyclic) bond motifs is 1. The van der Waals surface area contributed by atoms with Gasteiger partial charge in [-0.15, -0.1) is 0 Å². The first-order chi connectivity index (χ1) is 16.1. The summed E-state index contributed by atoms with van der Waals surface area (Å²) in [7, 11) is -3.37. The molecule has 2 aliphatic rings. The van der Waals surface area contributed by atoms with Gasteiger partial charge in [0.25, 0.3) is 5.91 Å². The number of carbonyl (C=O) groups is 1. The van der Waals surface area contributed by atoms with Crippen LogP contribution in [0.5, 0.6) is 0 Å². The number of oxazole rings is 1. The van der Waals surface area contributed by atoms with Crippen molar-refractivity contribution < 1.29 is 26.6 Å². The molecule has 5 rings (SSSR count). The van der Waals surface area contributed by atoms with Crippen LogP contribution in [0.2, 0.25) is 5.02 Å². The number of rotatable bonds is 6. The zero-order valence-corrected chi connectivity index (χ0v) is 19.8. The molecule has 1 amide bonds. The van der Waals surface area contributed by atoms with Crippen LogP contribution in [0.25, 0.3) is 11.1 Å². The van der Waals surface area contributed by atoms with E-state index in [-0.39, 0.29) is 41.4 Å². The number of nitrogens with zero attached hydrogens (tertiary/aromatic N) is 1. The molecule has 7 nitrogen and oxygen atoms in total. The van der Waals surface area contributed by atoms with Gasteiger partial charge in [-0.3, -0.25) is 4.79 Å². The summed E-state index contributed by atoms with van der Waals surface area (Å²) < 4.78 is 58.1. The summed E-state index contributed by atoms with van der Waals surface area (Å²) in [5.41, 5.74) is 1.42. The maximum Gasteiger partial charge on any atom is 0.287 e. The molecule has 2 fully saturated rings. The van der Waals surface area contributed by atoms with Crippen LogP contribution >= 0.6 is 11.6 Å². The van der Waals surface area contributed by atoms with Crippen LogP contribution in [0, 0.1) is 10.7 Å². The van der Waals surface area contributed by atoms with Crippen molar-refractivity contribution in [2.75, 3.05) is 5.75 Å². The number of aromatic nitrogens is 1. The average molecular weight is 512 g/mol. The maximum absolute atomic E-state index is 13.0. The summed E-state index contributed by atoms with van der Waals surface area (Å²) >= 11 is 6.02. The quantitative estimate of drug-likeness (QED) is 0.423. The molecule has 2 heterocycles. The molecule has 0 bridgehead atoms. The van der Waals surface area contributed by atoms with E-state index in [2.05, 4.69) is 10.3 Å². The summed E-state index contributed by atoms with van der Waals surface area (Å²) in [5.74, 6) is -3.06. The summed E-state index contributed by atoms with van der Waals surface area (Å²) in [4.78, 5) is 17.2. The van der Waals surface area contributed by atoms with Gasteiger partial charge >= 0.3 is 0 Å². The molecule has 2 N–H and O–H groups in total. The van der Waals surface area contributed by atoms with Crippen molar-refractivity contribution in [3.05, 3.63) is 47.0 Å². The van der Waals surface area contributed by atoms with Crippen molar-refractivity contribution in [1.29, 1.82) is 4.78 Å². The SMILES string of the molecule is N=S(=O)(CC1CC(F)(F)C1)c1ccc(C(=O)NC2CCC(c3nc4cc(Cl)ccc4o3)CC2)o1. The molecule has 2 aliphatic carbocycles. The number of benzene rings is 1. The molecule has 34 heavy (non-hydrogen) atoms. The van der Waals surface area contributed by atoms with Gasteiger partial charge in [-0.25, -0.2) is 22.8 Å². The summed E-state index contributed by atoms with van der Waals surface area (Å²) in [5, 5.41) is 3.38. The van der Waals surface area contributed by atoms with E-state index in [1.54, 1.807) is 18.2 Å². The summed E-state index contributed by atoms with van der Waals surface area (Å²) in [6.07, 6.45) is 2.32. The van der Waals surface area contributed by atoms with E-state index in [0.717, 1.165) is 31.2 Å². The van der Waals surface area contributed by atoms with E-state index in [9.17, 15) is 17.8 Å². The van der Waals surface area contributed by atoms with Crippen LogP contribution in [0.15, 0.2) is 44.3 Å². The molecule has 0 aliphatic heterocycles. The fraction of sp³-hybridized carbons (Fsp3) is 0.478. The minimum absolute atomic E-state index is 0.0353. The summed E-state index contributed by atoms with van der Waals surface area (Å²) in [6.45, 7) is 0. The number of hydrogen-bond donors (Lipinski definition) is 2. The number of furan rings is 1. The zero-order valence-electron chi connectivity index (χ0n) is 18.2. The second-order valence-corrected chi connectivity index (χ2v) is 11.8. The molecule has 0 radical (unpaired) electrons. The fourth-order valence-corrected chi connectivity index (χ4v) is 6.51. The lowest BCUT2D eigenvalue weighted by atomic mass is 9.83. The number of amides is 1. The predicted molar refractivity (Wildman–Crippen MR) is 122 cm³/mol. The highest BCUT2D eigenvalue weighted by Gasteiger charge is 2.46. The van der Waals surface area contributed by atoms with Gasteiger partial charge in [-0.2, -0.15) is 0 Å². The Hall–Kier alpha value is -2.46. The van der Waals surface area contributed by atoms with Gasteiger partial charge in [0.1, 0.15) is 15.2 Å². The van der Waals surface area contributed by atoms with Gasteiger partial charge in [-0.05, 0) is 61.9 Å². The first-order valence-electron chi connectivity index (χ1n) is 11.2. The highest BCUT2D eigenvalue weighted by molar-refractivity contribution is 7.92. The standard InChI is InChI=1S/C23H24ClF2N3O4S/c24-15-3-6-18-17(9-15)29-22(33-18)14-1-4-16(5-2-14)28-21(30)19-7-8-20(32-19)34(27,31)12-13-10-23(25,26)11-13/h3,6-9,13-14,16,27H,1-2,4-5,10-12H2,(H,28,30). The highest BCUT2D eigenvalue weighted by Crippen LogP contribution is 2.43. The van der Waals surface area contributed by atoms with Gasteiger partial charge in [0.15, 0.2) is 22.3 Å². The second kappa shape index (κ2) is 8.64. The average Bonchev–Trinajstić information content (AvgIpc) is 3.40. The smallest absolute Gasteiger partial charge is 0.287 e. The second-order valence-electron chi connectivity index (χ2n) is 9.28. The van der Waals surface area contributed by atoms with Crippen LogP contribution in [0.3, 0.4) is 0 Å². The number of halogens is 3. The van der Waals surface area contributed by atoms with Gasteiger partial charge in [0.05, 0.1) is 0 Å². The lowest BCUT2D eigenvalue weighted by molar-refractivity contribution is -0.103. The third-order valence-electron chi connectivity index (χ3n) is 6.55. The molecule has 1 atom stereocenters. The lowest BCUT2D eigenvalue weighted by Crippen LogP contribution is -2.38. The number of hydrogen-bond acceptors (Lipinski definition) is 6. The van der Waals surface area contributed by atoms with Crippen molar-refractivity contribution in [3.8, 4) is 0 Å². The molecule has 11 heteroatoms. The molecular weight excluding hydrogens is 488 g/mol. The maximum atomic E-state index is 13.0. The molecular formula is C23H24ClF2N3O4S. The van der Waals surface area contributed by atoms with E-state index in [4.69, 9.17) is 25.2 Å². The minimum atomic E-state index is -3.37. The molecule has 0 spiro atoms. The molecule has 2 aromatic heterocycles. The van der Waals surface area contributed by atoms with Gasteiger partial charge in [0.2, 0.25) is 5.92 Å². The molecule has 182 valence electrons. The minimum Gasteiger partial charge on any atom is -0.441 e. The van der Waals surface area contributed by atoms with E-state index in [1.165, 1.54) is 12.1 Å². The van der Waals surface area contributed by atoms with Gasteiger partial charge in [-0.1, -0.05) is 11.6 Å². The zero-order chi connectivity index (χ0) is 24.1. The van der Waals surface area contributed by atoms with E-state index in [1.807, 2.05) is 0 Å². The lowest BCUT2D eigenvalue weighted by Gasteiger charge is -2.34. The van der Waals surface area contributed by atoms with Crippen LogP contribution in [-0.4, -0.2) is 32.8 Å². The Balaban J connectivity index is 1.15. The monoisotopic (exact) mass is 511 g/mol. The first kappa shape index (κ1) is 23.3. The fourth-order valence-electron chi connectivity index (χ4n) is 4.77. The third kappa shape index (κ3) is 4.84. The van der Waals surface area contributed by atoms with E-state index < -0.39 is 27.5 Å². The molecule has 1 aromatic carbocycles. The van der Waals surface area contributed by atoms with Crippen molar-refractivity contribution in [2.45, 2.75) is 61.5 Å². The van der Waals surface area contributed by atoms with Crippen molar-refractivity contribution in [1.82, 2.24) is 10.3 Å². The Morgan fingerprint density at radius 2 is 1.91 bits per heavy atom. The van der Waals surface area contributed by atoms with Gasteiger partial charge < -0.3 is 14.2 Å².